The molecule has 5 rings (SSSR count). The van der Waals surface area contributed by atoms with E-state index < -0.39 is 5.97 Å². The van der Waals surface area contributed by atoms with E-state index in [-0.39, 0.29) is 24.5 Å². The summed E-state index contributed by atoms with van der Waals surface area (Å²) in [5.74, 6) is 0.622. The number of aromatic hydroxyl groups is 1. The van der Waals surface area contributed by atoms with Gasteiger partial charge in [0.2, 0.25) is 0 Å². The number of carboxylic acid groups (broad SMARTS) is 1. The highest BCUT2D eigenvalue weighted by Crippen LogP contribution is 2.54. The van der Waals surface area contributed by atoms with E-state index in [9.17, 15) is 9.90 Å². The predicted molar refractivity (Wildman–Crippen MR) is 142 cm³/mol. The first-order chi connectivity index (χ1) is 17.2. The van der Waals surface area contributed by atoms with Crippen molar-refractivity contribution in [2.45, 2.75) is 32.9 Å². The van der Waals surface area contributed by atoms with E-state index in [4.69, 9.17) is 19.3 Å². The van der Waals surface area contributed by atoms with Crippen molar-refractivity contribution in [2.75, 3.05) is 19.0 Å². The summed E-state index contributed by atoms with van der Waals surface area (Å²) < 4.78 is 17.4. The van der Waals surface area contributed by atoms with Crippen molar-refractivity contribution in [1.29, 1.82) is 0 Å². The van der Waals surface area contributed by atoms with E-state index in [2.05, 4.69) is 38.2 Å². The molecule has 0 fully saturated rings. The highest BCUT2D eigenvalue weighted by molar-refractivity contribution is 7.11. The van der Waals surface area contributed by atoms with Crippen LogP contribution in [0.5, 0.6) is 17.2 Å². The maximum Gasteiger partial charge on any atom is 0.329 e. The van der Waals surface area contributed by atoms with Crippen LogP contribution in [-0.4, -0.2) is 35.4 Å². The second kappa shape index (κ2) is 9.04. The van der Waals surface area contributed by atoms with Gasteiger partial charge in [0.05, 0.1) is 24.8 Å². The van der Waals surface area contributed by atoms with Crippen molar-refractivity contribution in [2.24, 2.45) is 0 Å². The van der Waals surface area contributed by atoms with Gasteiger partial charge in [-0.3, -0.25) is 0 Å². The second-order valence-corrected chi connectivity index (χ2v) is 10.3. The quantitative estimate of drug-likeness (QED) is 0.365. The molecule has 3 aromatic rings. The van der Waals surface area contributed by atoms with Gasteiger partial charge in [-0.05, 0) is 67.6 Å². The number of ether oxygens (including phenoxy) is 3. The number of anilines is 1. The van der Waals surface area contributed by atoms with E-state index in [0.29, 0.717) is 22.8 Å². The minimum Gasteiger partial charge on any atom is -0.504 e. The highest BCUT2D eigenvalue weighted by Gasteiger charge is 2.33. The number of carbonyl (C=O) groups is 1. The first-order valence-electron chi connectivity index (χ1n) is 11.5. The lowest BCUT2D eigenvalue weighted by Crippen LogP contribution is -2.32. The molecule has 186 valence electrons. The molecule has 0 atom stereocenters. The molecule has 1 aromatic heterocycles. The summed E-state index contributed by atoms with van der Waals surface area (Å²) in [6.45, 7) is 6.16. The fourth-order valence-corrected chi connectivity index (χ4v) is 5.74. The first kappa shape index (κ1) is 24.0. The lowest BCUT2D eigenvalue weighted by atomic mass is 9.83. The third kappa shape index (κ3) is 4.23. The Hall–Kier alpha value is -3.75. The average Bonchev–Trinajstić information content (AvgIpc) is 3.24. The smallest absolute Gasteiger partial charge is 0.329 e. The number of nitrogens with one attached hydrogen (secondary N) is 1. The Morgan fingerprint density at radius 2 is 1.97 bits per heavy atom. The minimum atomic E-state index is -1.01. The minimum absolute atomic E-state index is 0.0404. The Kier molecular flexibility index (Phi) is 6.02. The molecule has 8 heteroatoms. The van der Waals surface area contributed by atoms with Crippen molar-refractivity contribution in [3.8, 4) is 28.4 Å². The third-order valence-electron chi connectivity index (χ3n) is 6.20. The van der Waals surface area contributed by atoms with Crippen LogP contribution in [0.25, 0.3) is 28.5 Å². The van der Waals surface area contributed by atoms with Gasteiger partial charge in [-0.15, -0.1) is 11.3 Å². The molecule has 0 amide bonds. The topological polar surface area (TPSA) is 97.2 Å². The van der Waals surface area contributed by atoms with Crippen LogP contribution in [-0.2, 0) is 16.1 Å². The maximum absolute atomic E-state index is 10.9. The third-order valence-corrected chi connectivity index (χ3v) is 7.10. The molecule has 3 heterocycles. The monoisotopic (exact) mass is 505 g/mol. The predicted octanol–water partition coefficient (Wildman–Crippen LogP) is 6.23. The first-order valence-corrected chi connectivity index (χ1v) is 12.4. The van der Waals surface area contributed by atoms with Crippen molar-refractivity contribution in [3.63, 3.8) is 0 Å². The number of hydrogen-bond acceptors (Lipinski definition) is 7. The number of allylic oxidation sites excluding steroid dienone is 1. The molecule has 2 aliphatic heterocycles. The van der Waals surface area contributed by atoms with Crippen LogP contribution in [0.15, 0.2) is 41.8 Å². The summed E-state index contributed by atoms with van der Waals surface area (Å²) in [6.07, 6.45) is 4.16. The van der Waals surface area contributed by atoms with Crippen molar-refractivity contribution in [1.82, 2.24) is 0 Å². The Labute approximate surface area is 213 Å². The van der Waals surface area contributed by atoms with Crippen LogP contribution in [0.1, 0.15) is 42.3 Å². The number of aliphatic carboxylic acids is 1. The maximum atomic E-state index is 10.9. The molecule has 0 aliphatic carbocycles. The fraction of sp³-hybridized carbons (Fsp3) is 0.250. The van der Waals surface area contributed by atoms with Crippen molar-refractivity contribution < 1.29 is 29.2 Å². The number of fused-ring (bicyclic) bond motifs is 5. The van der Waals surface area contributed by atoms with Gasteiger partial charge in [0.25, 0.3) is 0 Å². The molecular formula is C28H27NO6S. The number of hydrogen-bond donors (Lipinski definition) is 3. The van der Waals surface area contributed by atoms with Crippen LogP contribution in [0, 0.1) is 0 Å². The van der Waals surface area contributed by atoms with E-state index in [1.54, 1.807) is 12.1 Å². The van der Waals surface area contributed by atoms with Gasteiger partial charge in [0.15, 0.2) is 11.5 Å². The number of methoxy groups -OCH3 is 1. The zero-order valence-corrected chi connectivity index (χ0v) is 21.3. The summed E-state index contributed by atoms with van der Waals surface area (Å²) >= 11 is 1.53. The second-order valence-electron chi connectivity index (χ2n) is 9.38. The fourth-order valence-electron chi connectivity index (χ4n) is 4.91. The molecule has 0 unspecified atom stereocenters. The number of phenolic OH excluding ortho intramolecular Hbond substituents is 1. The van der Waals surface area contributed by atoms with Gasteiger partial charge in [0, 0.05) is 27.3 Å². The summed E-state index contributed by atoms with van der Waals surface area (Å²) in [5, 5.41) is 25.0. The normalized spacial score (nSPS) is 16.2. The summed E-state index contributed by atoms with van der Waals surface area (Å²) in [6, 6.07) is 9.30. The van der Waals surface area contributed by atoms with E-state index in [1.807, 2.05) is 23.6 Å². The van der Waals surface area contributed by atoms with E-state index in [1.165, 1.54) is 18.4 Å². The van der Waals surface area contributed by atoms with Gasteiger partial charge in [0.1, 0.15) is 18.1 Å². The molecule has 2 aromatic carbocycles. The van der Waals surface area contributed by atoms with Crippen LogP contribution in [0.2, 0.25) is 0 Å². The summed E-state index contributed by atoms with van der Waals surface area (Å²) in [5.41, 5.74) is 6.28. The number of carboxylic acids is 1. The number of phenols is 1. The van der Waals surface area contributed by atoms with Gasteiger partial charge in [-0.2, -0.15) is 0 Å². The molecule has 2 aliphatic rings. The largest absolute Gasteiger partial charge is 0.504 e. The lowest BCUT2D eigenvalue weighted by molar-refractivity contribution is -0.142. The lowest BCUT2D eigenvalue weighted by Gasteiger charge is -2.35. The summed E-state index contributed by atoms with van der Waals surface area (Å²) in [7, 11) is 1.53. The number of benzene rings is 2. The Balaban J connectivity index is 1.71. The standard InChI is InChI=1S/C28H27NO6S/c1-15-12-28(2,3)29-18-6-5-17-25(24(15)18)21(35-20-8-7-19(30)27(33-4)26(17)20)11-22-16(9-10-36-22)13-34-14-23(31)32/h5-12,29-30H,13-14H2,1-4H3,(H,31,32). The molecule has 0 saturated heterocycles. The molecule has 36 heavy (non-hydrogen) atoms. The van der Waals surface area contributed by atoms with Crippen molar-refractivity contribution in [3.05, 3.63) is 63.4 Å². The molecule has 0 bridgehead atoms. The molecule has 0 spiro atoms. The Bertz CT molecular complexity index is 1430. The van der Waals surface area contributed by atoms with Crippen LogP contribution in [0.4, 0.5) is 5.69 Å². The SMILES string of the molecule is COc1c(O)ccc2c1-c1ccc3c(c1C(=Cc1sccc1COCC(=O)O)O2)C(C)=CC(C)(C)N3. The zero-order chi connectivity index (χ0) is 25.6. The van der Waals surface area contributed by atoms with Crippen LogP contribution >= 0.6 is 11.3 Å². The van der Waals surface area contributed by atoms with Gasteiger partial charge in [-0.25, -0.2) is 4.79 Å². The Morgan fingerprint density at radius 1 is 1.17 bits per heavy atom. The number of thiophene rings is 1. The van der Waals surface area contributed by atoms with Crippen LogP contribution in [0.3, 0.4) is 0 Å². The van der Waals surface area contributed by atoms with E-state index in [0.717, 1.165) is 38.4 Å². The molecule has 3 N–H and O–H groups in total. The van der Waals surface area contributed by atoms with Crippen LogP contribution < -0.4 is 14.8 Å². The van der Waals surface area contributed by atoms with Gasteiger partial charge >= 0.3 is 5.97 Å². The Morgan fingerprint density at radius 3 is 2.72 bits per heavy atom. The van der Waals surface area contributed by atoms with Crippen molar-refractivity contribution >= 4 is 40.4 Å². The van der Waals surface area contributed by atoms with E-state index >= 15 is 0 Å². The molecule has 7 nitrogen and oxygen atoms in total. The van der Waals surface area contributed by atoms with Gasteiger partial charge < -0.3 is 29.7 Å². The molecule has 0 saturated carbocycles. The highest BCUT2D eigenvalue weighted by atomic mass is 32.1. The summed E-state index contributed by atoms with van der Waals surface area (Å²) in [4.78, 5) is 11.8. The zero-order valence-electron chi connectivity index (χ0n) is 20.5. The molecular weight excluding hydrogens is 478 g/mol. The number of rotatable bonds is 6. The average molecular weight is 506 g/mol. The van der Waals surface area contributed by atoms with Gasteiger partial charge in [-0.1, -0.05) is 12.1 Å². The molecule has 0 radical (unpaired) electrons.